The zero-order valence-corrected chi connectivity index (χ0v) is 12.7. The van der Waals surface area contributed by atoms with Crippen molar-refractivity contribution in [2.75, 3.05) is 19.8 Å². The first-order valence-electron chi connectivity index (χ1n) is 8.21. The summed E-state index contributed by atoms with van der Waals surface area (Å²) in [7, 11) is 0. The van der Waals surface area contributed by atoms with Crippen molar-refractivity contribution >= 4 is 5.97 Å². The number of esters is 1. The molecule has 20 heavy (non-hydrogen) atoms. The van der Waals surface area contributed by atoms with Gasteiger partial charge in [-0.25, -0.2) is 0 Å². The number of carbonyl (C=O) groups excluding carboxylic acids is 1. The molecule has 0 aromatic rings. The Morgan fingerprint density at radius 2 is 2.05 bits per heavy atom. The highest BCUT2D eigenvalue weighted by atomic mass is 16.6. The molecule has 2 bridgehead atoms. The summed E-state index contributed by atoms with van der Waals surface area (Å²) in [5.74, 6) is 0.571. The quantitative estimate of drug-likeness (QED) is 0.346. The molecule has 0 aromatic heterocycles. The van der Waals surface area contributed by atoms with Gasteiger partial charge in [-0.3, -0.25) is 4.79 Å². The van der Waals surface area contributed by atoms with Crippen molar-refractivity contribution in [3.63, 3.8) is 0 Å². The summed E-state index contributed by atoms with van der Waals surface area (Å²) >= 11 is 0. The van der Waals surface area contributed by atoms with Crippen molar-refractivity contribution in [3.05, 3.63) is 12.2 Å². The lowest BCUT2D eigenvalue weighted by Gasteiger charge is -2.21. The van der Waals surface area contributed by atoms with Crippen LogP contribution < -0.4 is 0 Å². The summed E-state index contributed by atoms with van der Waals surface area (Å²) in [4.78, 5) is 12.1. The van der Waals surface area contributed by atoms with Crippen molar-refractivity contribution in [1.82, 2.24) is 0 Å². The van der Waals surface area contributed by atoms with Gasteiger partial charge in [0.05, 0.1) is 12.0 Å². The molecule has 1 saturated carbocycles. The SMILES string of the molecule is CCCCCCCOCCOC(=O)C12C=CC(CC1)C2. The third-order valence-electron chi connectivity index (χ3n) is 4.53. The predicted octanol–water partition coefficient (Wildman–Crippen LogP) is 3.87. The molecule has 2 rings (SSSR count). The highest BCUT2D eigenvalue weighted by Gasteiger charge is 2.47. The van der Waals surface area contributed by atoms with E-state index in [9.17, 15) is 4.79 Å². The van der Waals surface area contributed by atoms with Gasteiger partial charge in [-0.15, -0.1) is 0 Å². The molecule has 2 aliphatic carbocycles. The highest BCUT2D eigenvalue weighted by molar-refractivity contribution is 5.80. The number of carbonyl (C=O) groups is 1. The van der Waals surface area contributed by atoms with E-state index in [1.54, 1.807) is 0 Å². The van der Waals surface area contributed by atoms with Gasteiger partial charge in [0.2, 0.25) is 0 Å². The normalized spacial score (nSPS) is 27.1. The minimum atomic E-state index is -0.287. The van der Waals surface area contributed by atoms with Crippen LogP contribution in [0.2, 0.25) is 0 Å². The van der Waals surface area contributed by atoms with E-state index in [1.165, 1.54) is 25.7 Å². The summed E-state index contributed by atoms with van der Waals surface area (Å²) in [5.41, 5.74) is -0.287. The van der Waals surface area contributed by atoms with Crippen LogP contribution in [0.15, 0.2) is 12.2 Å². The molecule has 0 saturated heterocycles. The number of fused-ring (bicyclic) bond motifs is 2. The van der Waals surface area contributed by atoms with Crippen LogP contribution in [0.1, 0.15) is 58.3 Å². The Kier molecular flexibility index (Phi) is 6.08. The smallest absolute Gasteiger partial charge is 0.316 e. The Morgan fingerprint density at radius 1 is 1.20 bits per heavy atom. The summed E-state index contributed by atoms with van der Waals surface area (Å²) in [6.07, 6.45) is 13.5. The number of rotatable bonds is 10. The third-order valence-corrected chi connectivity index (χ3v) is 4.53. The molecule has 2 atom stereocenters. The summed E-state index contributed by atoms with van der Waals surface area (Å²) in [5, 5.41) is 0. The van der Waals surface area contributed by atoms with Gasteiger partial charge in [0.1, 0.15) is 6.61 Å². The lowest BCUT2D eigenvalue weighted by molar-refractivity contribution is -0.154. The first-order valence-corrected chi connectivity index (χ1v) is 8.21. The second-order valence-corrected chi connectivity index (χ2v) is 6.18. The number of hydrogen-bond acceptors (Lipinski definition) is 3. The molecular weight excluding hydrogens is 252 g/mol. The molecule has 2 unspecified atom stereocenters. The topological polar surface area (TPSA) is 35.5 Å². The van der Waals surface area contributed by atoms with Crippen LogP contribution in [0.3, 0.4) is 0 Å². The molecule has 0 aliphatic heterocycles. The summed E-state index contributed by atoms with van der Waals surface area (Å²) < 4.78 is 10.9. The van der Waals surface area contributed by atoms with E-state index in [0.29, 0.717) is 19.1 Å². The molecule has 0 heterocycles. The number of ether oxygens (including phenoxy) is 2. The molecular formula is C17H28O3. The van der Waals surface area contributed by atoms with Gasteiger partial charge in [0, 0.05) is 6.61 Å². The van der Waals surface area contributed by atoms with Crippen molar-refractivity contribution in [3.8, 4) is 0 Å². The summed E-state index contributed by atoms with van der Waals surface area (Å²) in [6, 6.07) is 0. The van der Waals surface area contributed by atoms with Crippen LogP contribution >= 0.6 is 0 Å². The maximum Gasteiger partial charge on any atom is 0.316 e. The predicted molar refractivity (Wildman–Crippen MR) is 79.5 cm³/mol. The highest BCUT2D eigenvalue weighted by Crippen LogP contribution is 2.49. The van der Waals surface area contributed by atoms with E-state index in [2.05, 4.69) is 19.1 Å². The maximum absolute atomic E-state index is 12.1. The Labute approximate surface area is 122 Å². The Hall–Kier alpha value is -0.830. The van der Waals surface area contributed by atoms with Gasteiger partial charge in [-0.2, -0.15) is 0 Å². The first-order chi connectivity index (χ1) is 9.77. The Balaban J connectivity index is 1.47. The van der Waals surface area contributed by atoms with Crippen molar-refractivity contribution in [2.45, 2.75) is 58.3 Å². The molecule has 0 aromatic carbocycles. The van der Waals surface area contributed by atoms with Crippen LogP contribution in [0.4, 0.5) is 0 Å². The van der Waals surface area contributed by atoms with E-state index < -0.39 is 0 Å². The van der Waals surface area contributed by atoms with Gasteiger partial charge >= 0.3 is 5.97 Å². The maximum atomic E-state index is 12.1. The fourth-order valence-electron chi connectivity index (χ4n) is 3.25. The molecule has 0 spiro atoms. The minimum absolute atomic E-state index is 0.0414. The van der Waals surface area contributed by atoms with Gasteiger partial charge < -0.3 is 9.47 Å². The standard InChI is InChI=1S/C17H28O3/c1-2-3-4-5-6-11-19-12-13-20-16(18)17-9-7-15(14-17)8-10-17/h7,9,15H,2-6,8,10-14H2,1H3. The molecule has 3 nitrogen and oxygen atoms in total. The van der Waals surface area contributed by atoms with E-state index in [4.69, 9.17) is 9.47 Å². The average molecular weight is 280 g/mol. The van der Waals surface area contributed by atoms with Crippen LogP contribution in [0.5, 0.6) is 0 Å². The van der Waals surface area contributed by atoms with Crippen LogP contribution in [-0.2, 0) is 14.3 Å². The van der Waals surface area contributed by atoms with Crippen LogP contribution in [-0.4, -0.2) is 25.8 Å². The zero-order chi connectivity index (χ0) is 14.3. The molecule has 1 fully saturated rings. The number of hydrogen-bond donors (Lipinski definition) is 0. The molecule has 0 radical (unpaired) electrons. The lowest BCUT2D eigenvalue weighted by Crippen LogP contribution is -2.28. The molecule has 0 N–H and O–H groups in total. The van der Waals surface area contributed by atoms with Gasteiger partial charge in [0.25, 0.3) is 0 Å². The zero-order valence-electron chi connectivity index (χ0n) is 12.7. The molecule has 3 heteroatoms. The van der Waals surface area contributed by atoms with Crippen LogP contribution in [0, 0.1) is 11.3 Å². The van der Waals surface area contributed by atoms with Crippen LogP contribution in [0.25, 0.3) is 0 Å². The average Bonchev–Trinajstić information content (AvgIpc) is 3.07. The first kappa shape index (κ1) is 15.6. The van der Waals surface area contributed by atoms with E-state index in [1.807, 2.05) is 0 Å². The number of allylic oxidation sites excluding steroid dienone is 1. The third kappa shape index (κ3) is 4.08. The van der Waals surface area contributed by atoms with Gasteiger partial charge in [0.15, 0.2) is 0 Å². The second kappa shape index (κ2) is 7.82. The van der Waals surface area contributed by atoms with Crippen molar-refractivity contribution < 1.29 is 14.3 Å². The fourth-order valence-corrected chi connectivity index (χ4v) is 3.25. The molecule has 2 aliphatic rings. The Bertz CT molecular complexity index is 337. The Morgan fingerprint density at radius 3 is 2.70 bits per heavy atom. The monoisotopic (exact) mass is 280 g/mol. The van der Waals surface area contributed by atoms with E-state index in [0.717, 1.165) is 32.3 Å². The lowest BCUT2D eigenvalue weighted by atomic mass is 9.88. The summed E-state index contributed by atoms with van der Waals surface area (Å²) in [6.45, 7) is 3.93. The van der Waals surface area contributed by atoms with Crippen molar-refractivity contribution in [2.24, 2.45) is 11.3 Å². The molecule has 114 valence electrons. The van der Waals surface area contributed by atoms with E-state index >= 15 is 0 Å². The fraction of sp³-hybridized carbons (Fsp3) is 0.824. The van der Waals surface area contributed by atoms with Crippen molar-refractivity contribution in [1.29, 1.82) is 0 Å². The molecule has 0 amide bonds. The number of unbranched alkanes of at least 4 members (excludes halogenated alkanes) is 4. The minimum Gasteiger partial charge on any atom is -0.463 e. The van der Waals surface area contributed by atoms with E-state index in [-0.39, 0.29) is 11.4 Å². The largest absolute Gasteiger partial charge is 0.463 e. The second-order valence-electron chi connectivity index (χ2n) is 6.18. The van der Waals surface area contributed by atoms with Gasteiger partial charge in [-0.1, -0.05) is 44.8 Å². The van der Waals surface area contributed by atoms with Gasteiger partial charge in [-0.05, 0) is 31.6 Å².